The Hall–Kier alpha value is -4.79. The monoisotopic (exact) mass is 566 g/mol. The average molecular weight is 567 g/mol. The van der Waals surface area contributed by atoms with Crippen LogP contribution in [0.2, 0.25) is 0 Å². The van der Waals surface area contributed by atoms with E-state index in [4.69, 9.17) is 14.4 Å². The summed E-state index contributed by atoms with van der Waals surface area (Å²) in [5.41, 5.74) is 11.2. The number of aliphatic carboxylic acids is 1. The molecule has 0 saturated heterocycles. The molecule has 216 valence electrons. The summed E-state index contributed by atoms with van der Waals surface area (Å²) < 4.78 is 5.47. The summed E-state index contributed by atoms with van der Waals surface area (Å²) in [6.07, 6.45) is 2.87. The summed E-state index contributed by atoms with van der Waals surface area (Å²) in [4.78, 5) is 28.6. The molecule has 3 aliphatic heterocycles. The second-order valence-corrected chi connectivity index (χ2v) is 11.2. The van der Waals surface area contributed by atoms with E-state index < -0.39 is 17.9 Å². The van der Waals surface area contributed by atoms with Crippen LogP contribution in [0.4, 0.5) is 0 Å². The zero-order chi connectivity index (χ0) is 30.0. The highest BCUT2D eigenvalue weighted by atomic mass is 16.5. The van der Waals surface area contributed by atoms with Crippen molar-refractivity contribution in [2.45, 2.75) is 65.7 Å². The van der Waals surface area contributed by atoms with Gasteiger partial charge >= 0.3 is 5.97 Å². The molecule has 9 heteroatoms. The van der Waals surface area contributed by atoms with Crippen LogP contribution < -0.4 is 0 Å². The summed E-state index contributed by atoms with van der Waals surface area (Å²) >= 11 is 0. The first kappa shape index (κ1) is 27.4. The summed E-state index contributed by atoms with van der Waals surface area (Å²) in [6, 6.07) is 6.03. The van der Waals surface area contributed by atoms with E-state index in [2.05, 4.69) is 36.5 Å². The predicted molar refractivity (Wildman–Crippen MR) is 164 cm³/mol. The predicted octanol–water partition coefficient (Wildman–Crippen LogP) is 7.58. The summed E-state index contributed by atoms with van der Waals surface area (Å²) in [6.45, 7) is 14.1. The van der Waals surface area contributed by atoms with Crippen molar-refractivity contribution < 1.29 is 24.5 Å². The number of H-pyrrole nitrogens is 2. The minimum Gasteiger partial charge on any atom is -0.481 e. The van der Waals surface area contributed by atoms with Crippen LogP contribution in [0.5, 0.6) is 11.9 Å². The number of fused-ring (bicyclic) bond motifs is 8. The van der Waals surface area contributed by atoms with E-state index >= 15 is 0 Å². The zero-order valence-corrected chi connectivity index (χ0v) is 24.3. The summed E-state index contributed by atoms with van der Waals surface area (Å²) in [7, 11) is 0. The highest BCUT2D eigenvalue weighted by molar-refractivity contribution is 5.95. The van der Waals surface area contributed by atoms with Gasteiger partial charge in [0.15, 0.2) is 0 Å². The smallest absolute Gasteiger partial charge is 0.303 e. The number of nitrogens with one attached hydrogen (secondary N) is 2. The number of hydrogen-bond donors (Lipinski definition) is 5. The molecule has 9 nitrogen and oxygen atoms in total. The molecule has 3 aromatic heterocycles. The highest BCUT2D eigenvalue weighted by Gasteiger charge is 2.35. The maximum absolute atomic E-state index is 11.6. The molecule has 42 heavy (non-hydrogen) atoms. The topological polar surface area (TPSA) is 148 Å². The molecular weight excluding hydrogens is 532 g/mol. The first-order chi connectivity index (χ1) is 20.0. The Kier molecular flexibility index (Phi) is 6.48. The molecule has 2 atom stereocenters. The van der Waals surface area contributed by atoms with Gasteiger partial charge in [-0.05, 0) is 74.1 Å². The normalized spacial score (nSPS) is 16.0. The van der Waals surface area contributed by atoms with Crippen LogP contribution in [0.3, 0.4) is 0 Å². The van der Waals surface area contributed by atoms with Crippen LogP contribution in [-0.2, 0) is 11.2 Å². The fourth-order valence-electron chi connectivity index (χ4n) is 6.52. The van der Waals surface area contributed by atoms with E-state index in [1.54, 1.807) is 0 Å². The molecule has 0 fully saturated rings. The Bertz CT molecular complexity index is 2010. The van der Waals surface area contributed by atoms with Gasteiger partial charge in [-0.2, -0.15) is 0 Å². The standard InChI is InChI=1S/C33H34N4O5/c1-7-18-14(3)21-11-23-16(5)20(9-10-27(38)39)30(36-23)29-31-28(32(40)42-33(29)41)17(6)24(37-31)13-26-19(8-2)15(4)22(35-26)12-25(18)34-21/h7,11-13,16,20,34-35,40-41H,1,8-10H2,2-6H3,(H,38,39). The molecule has 6 rings (SSSR count). The third-order valence-electron chi connectivity index (χ3n) is 8.92. The van der Waals surface area contributed by atoms with Crippen LogP contribution >= 0.6 is 0 Å². The highest BCUT2D eigenvalue weighted by Crippen LogP contribution is 2.49. The van der Waals surface area contributed by atoms with Gasteiger partial charge in [-0.25, -0.2) is 4.98 Å². The van der Waals surface area contributed by atoms with E-state index in [9.17, 15) is 20.1 Å². The molecule has 5 N–H and O–H groups in total. The third-order valence-corrected chi connectivity index (χ3v) is 8.92. The molecule has 3 aliphatic rings. The van der Waals surface area contributed by atoms with Crippen LogP contribution in [-0.4, -0.2) is 41.2 Å². The molecule has 0 saturated carbocycles. The van der Waals surface area contributed by atoms with Crippen LogP contribution in [0.1, 0.15) is 77.7 Å². The van der Waals surface area contributed by atoms with Gasteiger partial charge in [0.2, 0.25) is 0 Å². The lowest BCUT2D eigenvalue weighted by atomic mass is 9.86. The lowest BCUT2D eigenvalue weighted by molar-refractivity contribution is -0.137. The molecule has 0 radical (unpaired) electrons. The summed E-state index contributed by atoms with van der Waals surface area (Å²) in [5.74, 6) is -2.35. The largest absolute Gasteiger partial charge is 0.481 e. The van der Waals surface area contributed by atoms with E-state index in [1.165, 1.54) is 0 Å². The van der Waals surface area contributed by atoms with E-state index in [-0.39, 0.29) is 23.6 Å². The minimum atomic E-state index is -0.913. The zero-order valence-electron chi connectivity index (χ0n) is 24.3. The van der Waals surface area contributed by atoms with E-state index in [1.807, 2.05) is 39.0 Å². The summed E-state index contributed by atoms with van der Waals surface area (Å²) in [5, 5.41) is 31.7. The molecule has 0 aromatic carbocycles. The lowest BCUT2D eigenvalue weighted by Crippen LogP contribution is -2.06. The molecular formula is C33H34N4O5. The number of rotatable bonds is 5. The average Bonchev–Trinajstić information content (AvgIpc) is 3.61. The van der Waals surface area contributed by atoms with Gasteiger partial charge in [0.25, 0.3) is 11.9 Å². The number of aromatic amines is 2. The first-order valence-corrected chi connectivity index (χ1v) is 14.2. The lowest BCUT2D eigenvalue weighted by Gasteiger charge is -2.16. The number of aryl methyl sites for hydroxylation is 4. The molecule has 3 aromatic rings. The molecule has 8 bridgehead atoms. The third kappa shape index (κ3) is 4.10. The number of carboxylic acids is 1. The molecule has 0 amide bonds. The number of aromatic nitrogens is 4. The van der Waals surface area contributed by atoms with Crippen molar-refractivity contribution in [3.8, 4) is 23.1 Å². The van der Waals surface area contributed by atoms with E-state index in [0.29, 0.717) is 34.5 Å². The fourth-order valence-corrected chi connectivity index (χ4v) is 6.52. The Labute approximate surface area is 242 Å². The van der Waals surface area contributed by atoms with Gasteiger partial charge in [-0.15, -0.1) is 0 Å². The Morgan fingerprint density at radius 1 is 1.00 bits per heavy atom. The van der Waals surface area contributed by atoms with Crippen molar-refractivity contribution in [1.29, 1.82) is 0 Å². The quantitative estimate of drug-likeness (QED) is 0.147. The molecule has 0 spiro atoms. The van der Waals surface area contributed by atoms with Gasteiger partial charge in [-0.3, -0.25) is 9.78 Å². The van der Waals surface area contributed by atoms with Gasteiger partial charge in [0.05, 0.1) is 22.5 Å². The number of carbonyl (C=O) groups is 1. The maximum atomic E-state index is 11.6. The minimum absolute atomic E-state index is 0.0672. The van der Waals surface area contributed by atoms with Crippen molar-refractivity contribution >= 4 is 45.0 Å². The molecule has 6 heterocycles. The second-order valence-electron chi connectivity index (χ2n) is 11.2. The van der Waals surface area contributed by atoms with Gasteiger partial charge < -0.3 is 29.7 Å². The first-order valence-electron chi connectivity index (χ1n) is 14.2. The van der Waals surface area contributed by atoms with Crippen molar-refractivity contribution in [3.05, 3.63) is 64.0 Å². The maximum Gasteiger partial charge on any atom is 0.303 e. The Morgan fingerprint density at radius 2 is 1.71 bits per heavy atom. The van der Waals surface area contributed by atoms with Crippen molar-refractivity contribution in [1.82, 2.24) is 19.9 Å². The number of carboxylic acid groups (broad SMARTS) is 1. The number of nitrogens with zero attached hydrogens (tertiary/aromatic N) is 2. The van der Waals surface area contributed by atoms with Crippen LogP contribution in [0.15, 0.2) is 29.2 Å². The number of aromatic hydroxyl groups is 2. The second kappa shape index (κ2) is 9.94. The van der Waals surface area contributed by atoms with E-state index in [0.717, 1.165) is 56.4 Å². The van der Waals surface area contributed by atoms with Crippen LogP contribution in [0, 0.1) is 20.8 Å². The Balaban J connectivity index is 1.85. The van der Waals surface area contributed by atoms with Crippen molar-refractivity contribution in [2.24, 2.45) is 0 Å². The molecule has 2 unspecified atom stereocenters. The fraction of sp³-hybridized carbons (Fsp3) is 0.303. The van der Waals surface area contributed by atoms with Crippen molar-refractivity contribution in [3.63, 3.8) is 0 Å². The van der Waals surface area contributed by atoms with Gasteiger partial charge in [0.1, 0.15) is 5.39 Å². The van der Waals surface area contributed by atoms with Gasteiger partial charge in [-0.1, -0.05) is 26.5 Å². The number of hydrogen-bond acceptors (Lipinski definition) is 6. The molecule has 0 aliphatic carbocycles. The van der Waals surface area contributed by atoms with Crippen molar-refractivity contribution in [2.75, 3.05) is 0 Å². The van der Waals surface area contributed by atoms with Crippen LogP contribution in [0.25, 0.3) is 50.3 Å². The Morgan fingerprint density at radius 3 is 2.40 bits per heavy atom. The SMILES string of the molecule is C=Cc1c(C)c2cc3nc(c4c5nc(cc6[nH]c(cc1[nH]2)c(C)c6CC)c(C)c-5c(O)oc4O)C(CCC(=O)O)C3C. The van der Waals surface area contributed by atoms with Gasteiger partial charge in [0, 0.05) is 51.6 Å².